The number of carbonyl (C=O) groups excluding carboxylic acids is 1. The number of aromatic nitrogens is 1. The summed E-state index contributed by atoms with van der Waals surface area (Å²) in [6, 6.07) is 3.88. The second-order valence-corrected chi connectivity index (χ2v) is 7.39. The lowest BCUT2D eigenvalue weighted by Gasteiger charge is -2.10. The number of alkyl halides is 3. The Kier molecular flexibility index (Phi) is 5.37. The number of aryl methyl sites for hydroxylation is 1. The minimum Gasteiger partial charge on any atom is -0.315 e. The third kappa shape index (κ3) is 4.06. The molecule has 142 valence electrons. The van der Waals surface area contributed by atoms with Gasteiger partial charge >= 0.3 is 6.18 Å². The topological polar surface area (TPSA) is 74.9 Å². The van der Waals surface area contributed by atoms with Crippen LogP contribution in [0.5, 0.6) is 0 Å². The van der Waals surface area contributed by atoms with E-state index in [1.165, 1.54) is 11.3 Å². The summed E-state index contributed by atoms with van der Waals surface area (Å²) >= 11 is 1.33. The summed E-state index contributed by atoms with van der Waals surface area (Å²) in [6.07, 6.45) is 1.06. The molecule has 1 N–H and O–H groups in total. The van der Waals surface area contributed by atoms with Crippen LogP contribution in [0.4, 0.5) is 18.2 Å². The summed E-state index contributed by atoms with van der Waals surface area (Å²) in [6.45, 7) is -0.559. The van der Waals surface area contributed by atoms with Crippen molar-refractivity contribution in [3.05, 3.63) is 50.3 Å². The van der Waals surface area contributed by atoms with Crippen molar-refractivity contribution < 1.29 is 18.0 Å². The quantitative estimate of drug-likeness (QED) is 0.805. The molecule has 1 amide bonds. The summed E-state index contributed by atoms with van der Waals surface area (Å²) in [5, 5.41) is 12.4. The first-order chi connectivity index (χ1) is 12.8. The summed E-state index contributed by atoms with van der Waals surface area (Å²) in [4.78, 5) is 25.3. The van der Waals surface area contributed by atoms with Gasteiger partial charge in [-0.25, -0.2) is 0 Å². The molecule has 0 aromatic carbocycles. The van der Waals surface area contributed by atoms with Crippen LogP contribution < -0.4 is 10.9 Å². The molecule has 3 rings (SSSR count). The van der Waals surface area contributed by atoms with Crippen LogP contribution in [0.1, 0.15) is 40.8 Å². The van der Waals surface area contributed by atoms with Crippen molar-refractivity contribution in [1.29, 1.82) is 5.26 Å². The van der Waals surface area contributed by atoms with E-state index in [0.717, 1.165) is 54.8 Å². The maximum atomic E-state index is 12.8. The lowest BCUT2D eigenvalue weighted by molar-refractivity contribution is -0.139. The third-order valence-electron chi connectivity index (χ3n) is 4.43. The number of nitrogens with one attached hydrogen (secondary N) is 1. The Balaban J connectivity index is 1.82. The fourth-order valence-electron chi connectivity index (χ4n) is 3.15. The Morgan fingerprint density at radius 3 is 2.74 bits per heavy atom. The van der Waals surface area contributed by atoms with Crippen molar-refractivity contribution in [2.24, 2.45) is 0 Å². The van der Waals surface area contributed by atoms with Gasteiger partial charge in [-0.15, -0.1) is 11.3 Å². The molecular weight excluding hydrogens is 379 g/mol. The van der Waals surface area contributed by atoms with Crippen LogP contribution in [0, 0.1) is 11.3 Å². The first kappa shape index (κ1) is 19.2. The van der Waals surface area contributed by atoms with Crippen LogP contribution >= 0.6 is 11.3 Å². The van der Waals surface area contributed by atoms with Crippen molar-refractivity contribution >= 4 is 22.2 Å². The molecule has 0 saturated carbocycles. The Morgan fingerprint density at radius 2 is 2.04 bits per heavy atom. The van der Waals surface area contributed by atoms with E-state index in [9.17, 15) is 28.0 Å². The zero-order valence-electron chi connectivity index (χ0n) is 14.2. The summed E-state index contributed by atoms with van der Waals surface area (Å²) in [5.41, 5.74) is -1.23. The maximum absolute atomic E-state index is 12.8. The highest BCUT2D eigenvalue weighted by atomic mass is 32.1. The van der Waals surface area contributed by atoms with Gasteiger partial charge in [0, 0.05) is 11.1 Å². The molecule has 0 bridgehead atoms. The number of nitriles is 1. The standard InChI is InChI=1S/C18H16F3N3O2S/c19-18(20,21)13-6-4-8-24(17(13)26)10-15(25)23-16-12(9-22)11-5-2-1-3-7-14(11)27-16/h4,6,8H,1-3,5,7,10H2,(H,23,25). The lowest BCUT2D eigenvalue weighted by atomic mass is 10.1. The van der Waals surface area contributed by atoms with Crippen molar-refractivity contribution in [3.8, 4) is 6.07 Å². The monoisotopic (exact) mass is 395 g/mol. The van der Waals surface area contributed by atoms with Gasteiger partial charge in [0.25, 0.3) is 5.56 Å². The zero-order valence-corrected chi connectivity index (χ0v) is 15.0. The van der Waals surface area contributed by atoms with Gasteiger partial charge in [0.2, 0.25) is 5.91 Å². The molecular formula is C18H16F3N3O2S. The number of pyridine rings is 1. The van der Waals surface area contributed by atoms with Gasteiger partial charge in [-0.3, -0.25) is 9.59 Å². The van der Waals surface area contributed by atoms with Crippen molar-refractivity contribution in [2.45, 2.75) is 44.8 Å². The number of carbonyl (C=O) groups is 1. The number of halogens is 3. The Labute approximate surface area is 157 Å². The van der Waals surface area contributed by atoms with E-state index in [0.29, 0.717) is 21.2 Å². The molecule has 0 radical (unpaired) electrons. The Bertz CT molecular complexity index is 970. The van der Waals surface area contributed by atoms with Gasteiger partial charge in [0.15, 0.2) is 0 Å². The van der Waals surface area contributed by atoms with Gasteiger partial charge in [0.1, 0.15) is 23.2 Å². The van der Waals surface area contributed by atoms with E-state index in [1.807, 2.05) is 0 Å². The smallest absolute Gasteiger partial charge is 0.315 e. The number of fused-ring (bicyclic) bond motifs is 1. The van der Waals surface area contributed by atoms with E-state index in [4.69, 9.17) is 0 Å². The minimum atomic E-state index is -4.78. The molecule has 0 spiro atoms. The zero-order chi connectivity index (χ0) is 19.6. The lowest BCUT2D eigenvalue weighted by Crippen LogP contribution is -2.31. The third-order valence-corrected chi connectivity index (χ3v) is 5.63. The van der Waals surface area contributed by atoms with E-state index in [-0.39, 0.29) is 0 Å². The van der Waals surface area contributed by atoms with Crippen LogP contribution in [0.25, 0.3) is 0 Å². The van der Waals surface area contributed by atoms with Crippen molar-refractivity contribution in [3.63, 3.8) is 0 Å². The number of hydrogen-bond donors (Lipinski definition) is 1. The number of rotatable bonds is 3. The number of amides is 1. The predicted octanol–water partition coefficient (Wildman–Crippen LogP) is 3.71. The fraction of sp³-hybridized carbons (Fsp3) is 0.389. The van der Waals surface area contributed by atoms with Gasteiger partial charge in [0.05, 0.1) is 5.56 Å². The predicted molar refractivity (Wildman–Crippen MR) is 94.6 cm³/mol. The molecule has 5 nitrogen and oxygen atoms in total. The molecule has 0 unspecified atom stereocenters. The summed E-state index contributed by atoms with van der Waals surface area (Å²) in [7, 11) is 0. The van der Waals surface area contributed by atoms with Crippen LogP contribution in [-0.4, -0.2) is 10.5 Å². The summed E-state index contributed by atoms with van der Waals surface area (Å²) in [5.74, 6) is -0.649. The molecule has 27 heavy (non-hydrogen) atoms. The average molecular weight is 395 g/mol. The van der Waals surface area contributed by atoms with Crippen LogP contribution in [0.2, 0.25) is 0 Å². The van der Waals surface area contributed by atoms with Gasteiger partial charge < -0.3 is 9.88 Å². The number of thiophene rings is 1. The number of anilines is 1. The SMILES string of the molecule is N#Cc1c(NC(=O)Cn2cccc(C(F)(F)F)c2=O)sc2c1CCCCC2. The first-order valence-electron chi connectivity index (χ1n) is 8.42. The Morgan fingerprint density at radius 1 is 1.30 bits per heavy atom. The number of nitrogens with zero attached hydrogens (tertiary/aromatic N) is 2. The van der Waals surface area contributed by atoms with Crippen LogP contribution in [0.3, 0.4) is 0 Å². The highest BCUT2D eigenvalue weighted by molar-refractivity contribution is 7.16. The highest BCUT2D eigenvalue weighted by Crippen LogP contribution is 2.37. The van der Waals surface area contributed by atoms with E-state index < -0.39 is 29.8 Å². The van der Waals surface area contributed by atoms with Crippen molar-refractivity contribution in [2.75, 3.05) is 5.32 Å². The molecule has 2 aromatic rings. The molecule has 0 atom stereocenters. The summed E-state index contributed by atoms with van der Waals surface area (Å²) < 4.78 is 39.2. The molecule has 1 aliphatic carbocycles. The molecule has 0 fully saturated rings. The van der Waals surface area contributed by atoms with E-state index >= 15 is 0 Å². The molecule has 0 aliphatic heterocycles. The fourth-order valence-corrected chi connectivity index (χ4v) is 4.40. The maximum Gasteiger partial charge on any atom is 0.421 e. The Hall–Kier alpha value is -2.60. The largest absolute Gasteiger partial charge is 0.421 e. The van der Waals surface area contributed by atoms with Crippen molar-refractivity contribution in [1.82, 2.24) is 4.57 Å². The molecule has 1 aliphatic rings. The number of hydrogen-bond acceptors (Lipinski definition) is 4. The molecule has 2 heterocycles. The molecule has 2 aromatic heterocycles. The second kappa shape index (κ2) is 7.56. The highest BCUT2D eigenvalue weighted by Gasteiger charge is 2.34. The van der Waals surface area contributed by atoms with E-state index in [1.54, 1.807) is 0 Å². The van der Waals surface area contributed by atoms with E-state index in [2.05, 4.69) is 11.4 Å². The molecule has 9 heteroatoms. The van der Waals surface area contributed by atoms with Crippen LogP contribution in [-0.2, 0) is 30.4 Å². The minimum absolute atomic E-state index is 0.398. The average Bonchev–Trinajstić information content (AvgIpc) is 2.75. The normalized spacial score (nSPS) is 14.1. The van der Waals surface area contributed by atoms with Gasteiger partial charge in [-0.1, -0.05) is 6.42 Å². The first-order valence-corrected chi connectivity index (χ1v) is 9.24. The van der Waals surface area contributed by atoms with Gasteiger partial charge in [-0.2, -0.15) is 18.4 Å². The second-order valence-electron chi connectivity index (χ2n) is 6.28. The molecule has 0 saturated heterocycles. The van der Waals surface area contributed by atoms with Crippen LogP contribution in [0.15, 0.2) is 23.1 Å². The van der Waals surface area contributed by atoms with Gasteiger partial charge in [-0.05, 0) is 43.4 Å².